The number of benzene rings is 2. The van der Waals surface area contributed by atoms with E-state index in [9.17, 15) is 18.9 Å². The van der Waals surface area contributed by atoms with Crippen molar-refractivity contribution in [2.75, 3.05) is 0 Å². The Morgan fingerprint density at radius 2 is 1.90 bits per heavy atom. The van der Waals surface area contributed by atoms with Crippen molar-refractivity contribution in [3.05, 3.63) is 63.7 Å². The van der Waals surface area contributed by atoms with E-state index in [0.29, 0.717) is 0 Å². The zero-order valence-corrected chi connectivity index (χ0v) is 10.0. The maximum Gasteiger partial charge on any atom is 0.270 e. The molecule has 0 aliphatic carbocycles. The van der Waals surface area contributed by atoms with Crippen molar-refractivity contribution < 1.29 is 23.5 Å². The molecule has 0 saturated heterocycles. The average molecular weight is 281 g/mol. The molecule has 7 heteroatoms. The maximum atomic E-state index is 13.4. The molecule has 0 heterocycles. The lowest BCUT2D eigenvalue weighted by Crippen LogP contribution is -1.96. The molecule has 0 fully saturated rings. The quantitative estimate of drug-likeness (QED) is 0.690. The van der Waals surface area contributed by atoms with Crippen molar-refractivity contribution >= 4 is 5.69 Å². The van der Waals surface area contributed by atoms with Crippen molar-refractivity contribution in [1.82, 2.24) is 0 Å². The fraction of sp³-hybridized carbons (Fsp3) is 0.0769. The molecule has 0 unspecified atom stereocenters. The van der Waals surface area contributed by atoms with Crippen LogP contribution in [0.25, 0.3) is 0 Å². The number of nitro benzene ring substituents is 1. The number of aliphatic hydroxyl groups is 1. The highest BCUT2D eigenvalue weighted by Gasteiger charge is 2.14. The third-order valence-electron chi connectivity index (χ3n) is 2.54. The molecule has 0 bridgehead atoms. The third-order valence-corrected chi connectivity index (χ3v) is 2.54. The van der Waals surface area contributed by atoms with Crippen LogP contribution in [-0.2, 0) is 6.61 Å². The summed E-state index contributed by atoms with van der Waals surface area (Å²) < 4.78 is 31.6. The summed E-state index contributed by atoms with van der Waals surface area (Å²) in [6.45, 7) is -0.534. The Kier molecular flexibility index (Phi) is 3.90. The molecule has 2 aromatic rings. The molecular weight excluding hydrogens is 272 g/mol. The van der Waals surface area contributed by atoms with Gasteiger partial charge >= 0.3 is 0 Å². The number of halogens is 2. The summed E-state index contributed by atoms with van der Waals surface area (Å²) in [6, 6.07) is 6.14. The van der Waals surface area contributed by atoms with Gasteiger partial charge in [-0.1, -0.05) is 0 Å². The van der Waals surface area contributed by atoms with Crippen LogP contribution in [0.15, 0.2) is 36.4 Å². The molecule has 0 saturated carbocycles. The predicted octanol–water partition coefficient (Wildman–Crippen LogP) is 3.16. The van der Waals surface area contributed by atoms with E-state index in [1.165, 1.54) is 6.07 Å². The normalized spacial score (nSPS) is 10.3. The molecular formula is C13H9F2NO4. The molecule has 0 spiro atoms. The second kappa shape index (κ2) is 5.62. The Labute approximate surface area is 112 Å². The summed E-state index contributed by atoms with van der Waals surface area (Å²) in [5, 5.41) is 19.8. The molecule has 5 nitrogen and oxygen atoms in total. The second-order valence-corrected chi connectivity index (χ2v) is 3.88. The van der Waals surface area contributed by atoms with E-state index in [2.05, 4.69) is 0 Å². The number of non-ortho nitro benzene ring substituents is 1. The Hall–Kier alpha value is -2.54. The smallest absolute Gasteiger partial charge is 0.270 e. The van der Waals surface area contributed by atoms with E-state index >= 15 is 0 Å². The van der Waals surface area contributed by atoms with E-state index in [-0.39, 0.29) is 22.7 Å². The van der Waals surface area contributed by atoms with Crippen LogP contribution in [0.2, 0.25) is 0 Å². The zero-order valence-electron chi connectivity index (χ0n) is 10.0. The van der Waals surface area contributed by atoms with E-state index in [1.807, 2.05) is 0 Å². The van der Waals surface area contributed by atoms with Gasteiger partial charge in [-0.25, -0.2) is 8.78 Å². The highest BCUT2D eigenvalue weighted by Crippen LogP contribution is 2.30. The molecule has 0 atom stereocenters. The monoisotopic (exact) mass is 281 g/mol. The number of rotatable bonds is 4. The highest BCUT2D eigenvalue weighted by atomic mass is 19.1. The van der Waals surface area contributed by atoms with Gasteiger partial charge in [0.15, 0.2) is 11.6 Å². The lowest BCUT2D eigenvalue weighted by atomic mass is 10.2. The molecule has 0 aliphatic heterocycles. The first kappa shape index (κ1) is 13.9. The lowest BCUT2D eigenvalue weighted by Gasteiger charge is -2.10. The first-order chi connectivity index (χ1) is 9.51. The van der Waals surface area contributed by atoms with Crippen molar-refractivity contribution in [3.63, 3.8) is 0 Å². The topological polar surface area (TPSA) is 72.6 Å². The number of hydrogen-bond acceptors (Lipinski definition) is 4. The zero-order chi connectivity index (χ0) is 14.7. The molecule has 2 rings (SSSR count). The SMILES string of the molecule is O=[N+]([O-])c1ccc(Oc2cc(F)ccc2F)c(CO)c1. The molecule has 0 radical (unpaired) electrons. The largest absolute Gasteiger partial charge is 0.454 e. The van der Waals surface area contributed by atoms with E-state index < -0.39 is 23.2 Å². The maximum absolute atomic E-state index is 13.4. The van der Waals surface area contributed by atoms with Crippen LogP contribution in [0.4, 0.5) is 14.5 Å². The standard InChI is InChI=1S/C13H9F2NO4/c14-9-1-3-11(15)13(6-9)20-12-4-2-10(16(18)19)5-8(12)7-17/h1-6,17H,7H2. The summed E-state index contributed by atoms with van der Waals surface area (Å²) >= 11 is 0. The minimum absolute atomic E-state index is 0.0163. The van der Waals surface area contributed by atoms with Crippen LogP contribution >= 0.6 is 0 Å². The number of aliphatic hydroxyl groups excluding tert-OH is 1. The minimum atomic E-state index is -0.784. The van der Waals surface area contributed by atoms with Crippen LogP contribution in [0.1, 0.15) is 5.56 Å². The highest BCUT2D eigenvalue weighted by molar-refractivity contribution is 5.45. The molecule has 1 N–H and O–H groups in total. The van der Waals surface area contributed by atoms with Crippen molar-refractivity contribution in [2.24, 2.45) is 0 Å². The molecule has 20 heavy (non-hydrogen) atoms. The van der Waals surface area contributed by atoms with Crippen molar-refractivity contribution in [1.29, 1.82) is 0 Å². The van der Waals surface area contributed by atoms with Crippen LogP contribution in [0.3, 0.4) is 0 Å². The summed E-state index contributed by atoms with van der Waals surface area (Å²) in [7, 11) is 0. The Bertz CT molecular complexity index is 661. The molecule has 0 aliphatic rings. The molecule has 0 amide bonds. The van der Waals surface area contributed by atoms with Gasteiger partial charge in [0.1, 0.15) is 11.6 Å². The summed E-state index contributed by atoms with van der Waals surface area (Å²) in [6.07, 6.45) is 0. The molecule has 2 aromatic carbocycles. The van der Waals surface area contributed by atoms with E-state index in [1.54, 1.807) is 0 Å². The Morgan fingerprint density at radius 3 is 2.55 bits per heavy atom. The summed E-state index contributed by atoms with van der Waals surface area (Å²) in [5.74, 6) is -1.82. The molecule has 104 valence electrons. The predicted molar refractivity (Wildman–Crippen MR) is 65.5 cm³/mol. The van der Waals surface area contributed by atoms with Gasteiger partial charge < -0.3 is 9.84 Å². The van der Waals surface area contributed by atoms with Gasteiger partial charge in [-0.05, 0) is 18.2 Å². The second-order valence-electron chi connectivity index (χ2n) is 3.88. The third kappa shape index (κ3) is 2.89. The van der Waals surface area contributed by atoms with Crippen LogP contribution in [0, 0.1) is 21.7 Å². The lowest BCUT2D eigenvalue weighted by molar-refractivity contribution is -0.385. The van der Waals surface area contributed by atoms with Gasteiger partial charge in [-0.2, -0.15) is 0 Å². The van der Waals surface area contributed by atoms with E-state index in [4.69, 9.17) is 9.84 Å². The fourth-order valence-electron chi connectivity index (χ4n) is 1.58. The van der Waals surface area contributed by atoms with Gasteiger partial charge in [-0.3, -0.25) is 10.1 Å². The van der Waals surface area contributed by atoms with Gasteiger partial charge in [0.05, 0.1) is 11.5 Å². The summed E-state index contributed by atoms with van der Waals surface area (Å²) in [5.41, 5.74) is -0.135. The van der Waals surface area contributed by atoms with Crippen LogP contribution in [-0.4, -0.2) is 10.0 Å². The first-order valence-electron chi connectivity index (χ1n) is 5.52. The summed E-state index contributed by atoms with van der Waals surface area (Å²) in [4.78, 5) is 9.98. The fourth-order valence-corrected chi connectivity index (χ4v) is 1.58. The van der Waals surface area contributed by atoms with Crippen LogP contribution in [0.5, 0.6) is 11.5 Å². The average Bonchev–Trinajstić information content (AvgIpc) is 2.43. The number of nitrogens with zero attached hydrogens (tertiary/aromatic N) is 1. The first-order valence-corrected chi connectivity index (χ1v) is 5.52. The van der Waals surface area contributed by atoms with Gasteiger partial charge in [0.2, 0.25) is 0 Å². The van der Waals surface area contributed by atoms with Crippen molar-refractivity contribution in [2.45, 2.75) is 6.61 Å². The van der Waals surface area contributed by atoms with Crippen LogP contribution < -0.4 is 4.74 Å². The van der Waals surface area contributed by atoms with Crippen molar-refractivity contribution in [3.8, 4) is 11.5 Å². The minimum Gasteiger partial charge on any atom is -0.454 e. The Morgan fingerprint density at radius 1 is 1.15 bits per heavy atom. The van der Waals surface area contributed by atoms with Gasteiger partial charge in [-0.15, -0.1) is 0 Å². The van der Waals surface area contributed by atoms with E-state index in [0.717, 1.165) is 30.3 Å². The van der Waals surface area contributed by atoms with Gasteiger partial charge in [0.25, 0.3) is 5.69 Å². The number of nitro groups is 1. The van der Waals surface area contributed by atoms with Gasteiger partial charge in [0, 0.05) is 23.8 Å². The Balaban J connectivity index is 2.38. The molecule has 0 aromatic heterocycles. The number of hydrogen-bond donors (Lipinski definition) is 1. The number of ether oxygens (including phenoxy) is 1.